The topological polar surface area (TPSA) is 106 Å². The molecule has 1 saturated heterocycles. The molecule has 3 atom stereocenters. The lowest BCUT2D eigenvalue weighted by Crippen LogP contribution is -2.38. The summed E-state index contributed by atoms with van der Waals surface area (Å²) in [5, 5.41) is 11.6. The Labute approximate surface area is 192 Å². The van der Waals surface area contributed by atoms with Gasteiger partial charge in [0.05, 0.1) is 5.92 Å². The van der Waals surface area contributed by atoms with Crippen molar-refractivity contribution in [3.8, 4) is 11.4 Å². The predicted molar refractivity (Wildman–Crippen MR) is 120 cm³/mol. The van der Waals surface area contributed by atoms with Gasteiger partial charge in [0.25, 0.3) is 5.91 Å². The van der Waals surface area contributed by atoms with E-state index in [0.717, 1.165) is 31.5 Å². The quantitative estimate of drug-likeness (QED) is 0.622. The number of nitrogens with zero attached hydrogens (tertiary/aromatic N) is 5. The van der Waals surface area contributed by atoms with Gasteiger partial charge in [-0.05, 0) is 38.7 Å². The van der Waals surface area contributed by atoms with Crippen molar-refractivity contribution in [3.05, 3.63) is 54.2 Å². The van der Waals surface area contributed by atoms with Gasteiger partial charge in [-0.15, -0.1) is 0 Å². The largest absolute Gasteiger partial charge is 0.347 e. The molecule has 1 aromatic carbocycles. The fourth-order valence-electron chi connectivity index (χ4n) is 4.86. The van der Waals surface area contributed by atoms with E-state index in [1.165, 1.54) is 0 Å². The predicted octanol–water partition coefficient (Wildman–Crippen LogP) is 2.87. The molecule has 9 heteroatoms. The maximum absolute atomic E-state index is 13.1. The van der Waals surface area contributed by atoms with Gasteiger partial charge in [-0.2, -0.15) is 10.1 Å². The zero-order chi connectivity index (χ0) is 22.8. The average Bonchev–Trinajstić information content (AvgIpc) is 3.65. The number of carbonyl (C=O) groups is 2. The van der Waals surface area contributed by atoms with Crippen LogP contribution in [0.3, 0.4) is 0 Å². The minimum Gasteiger partial charge on any atom is -0.347 e. The fourth-order valence-corrected chi connectivity index (χ4v) is 4.86. The molecule has 0 radical (unpaired) electrons. The molecule has 1 saturated carbocycles. The smallest absolute Gasteiger partial charge is 0.272 e. The van der Waals surface area contributed by atoms with Crippen molar-refractivity contribution in [3.63, 3.8) is 0 Å². The highest BCUT2D eigenvalue weighted by Crippen LogP contribution is 2.40. The van der Waals surface area contributed by atoms with Crippen LogP contribution in [0.5, 0.6) is 0 Å². The van der Waals surface area contributed by atoms with Crippen molar-refractivity contribution in [2.75, 3.05) is 13.1 Å². The first kappa shape index (κ1) is 21.4. The van der Waals surface area contributed by atoms with Crippen LogP contribution in [0.2, 0.25) is 0 Å². The number of amides is 2. The number of hydrogen-bond acceptors (Lipinski definition) is 6. The Hall–Kier alpha value is -3.49. The van der Waals surface area contributed by atoms with Gasteiger partial charge in [0.15, 0.2) is 0 Å². The maximum Gasteiger partial charge on any atom is 0.272 e. The van der Waals surface area contributed by atoms with E-state index in [9.17, 15) is 9.59 Å². The molecule has 2 fully saturated rings. The van der Waals surface area contributed by atoms with E-state index in [1.807, 2.05) is 42.2 Å². The molecule has 5 rings (SSSR count). The molecular weight excluding hydrogens is 420 g/mol. The first-order chi connectivity index (χ1) is 16.1. The summed E-state index contributed by atoms with van der Waals surface area (Å²) < 4.78 is 7.35. The SMILES string of the molecule is CCn1ccc(C(=O)N[C@H]2C[C@H](C(=O)N3CCCC3)C[C@H]2c2nc(-c3ccccc3)no2)n1. The second-order valence-corrected chi connectivity index (χ2v) is 8.77. The van der Waals surface area contributed by atoms with Crippen LogP contribution in [0.4, 0.5) is 0 Å². The summed E-state index contributed by atoms with van der Waals surface area (Å²) >= 11 is 0. The zero-order valence-electron chi connectivity index (χ0n) is 18.7. The Morgan fingerprint density at radius 3 is 2.64 bits per heavy atom. The number of hydrogen-bond donors (Lipinski definition) is 1. The molecule has 33 heavy (non-hydrogen) atoms. The third kappa shape index (κ3) is 4.40. The van der Waals surface area contributed by atoms with Gasteiger partial charge in [-0.25, -0.2) is 0 Å². The van der Waals surface area contributed by atoms with E-state index in [2.05, 4.69) is 20.6 Å². The van der Waals surface area contributed by atoms with Gasteiger partial charge in [0.1, 0.15) is 5.69 Å². The van der Waals surface area contributed by atoms with Crippen molar-refractivity contribution < 1.29 is 14.1 Å². The number of aromatic nitrogens is 4. The fraction of sp³-hybridized carbons (Fsp3) is 0.458. The average molecular weight is 449 g/mol. The van der Waals surface area contributed by atoms with Gasteiger partial charge in [0.2, 0.25) is 17.6 Å². The Kier molecular flexibility index (Phi) is 5.93. The summed E-state index contributed by atoms with van der Waals surface area (Å²) in [6, 6.07) is 11.0. The minimum absolute atomic E-state index is 0.160. The van der Waals surface area contributed by atoms with Crippen molar-refractivity contribution >= 4 is 11.8 Å². The third-order valence-corrected chi connectivity index (χ3v) is 6.63. The monoisotopic (exact) mass is 448 g/mol. The highest BCUT2D eigenvalue weighted by atomic mass is 16.5. The molecule has 172 valence electrons. The molecule has 0 bridgehead atoms. The summed E-state index contributed by atoms with van der Waals surface area (Å²) in [6.45, 7) is 4.28. The zero-order valence-corrected chi connectivity index (χ0v) is 18.7. The van der Waals surface area contributed by atoms with E-state index >= 15 is 0 Å². The van der Waals surface area contributed by atoms with Crippen molar-refractivity contribution in [2.45, 2.75) is 51.1 Å². The van der Waals surface area contributed by atoms with Crippen LogP contribution in [-0.4, -0.2) is 55.8 Å². The van der Waals surface area contributed by atoms with Gasteiger partial charge >= 0.3 is 0 Å². The minimum atomic E-state index is -0.287. The standard InChI is InChI=1S/C24H28N6O3/c1-2-30-13-10-19(27-30)22(31)25-20-15-17(24(32)29-11-6-7-12-29)14-18(20)23-26-21(28-33-23)16-8-4-3-5-9-16/h3-5,8-10,13,17-18,20H,2,6-7,11-12,14-15H2,1H3,(H,25,31)/t17-,18-,20+/m1/s1. The summed E-state index contributed by atoms with van der Waals surface area (Å²) in [6.07, 6.45) is 4.99. The van der Waals surface area contributed by atoms with E-state index in [1.54, 1.807) is 16.9 Å². The van der Waals surface area contributed by atoms with E-state index in [0.29, 0.717) is 36.8 Å². The highest BCUT2D eigenvalue weighted by Gasteiger charge is 2.44. The maximum atomic E-state index is 13.1. The first-order valence-electron chi connectivity index (χ1n) is 11.6. The lowest BCUT2D eigenvalue weighted by Gasteiger charge is -2.20. The summed E-state index contributed by atoms with van der Waals surface area (Å²) in [4.78, 5) is 32.6. The molecule has 0 spiro atoms. The van der Waals surface area contributed by atoms with Crippen LogP contribution in [0, 0.1) is 5.92 Å². The molecule has 3 heterocycles. The van der Waals surface area contributed by atoms with Crippen LogP contribution < -0.4 is 5.32 Å². The second kappa shape index (κ2) is 9.17. The molecule has 0 unspecified atom stereocenters. The van der Waals surface area contributed by atoms with E-state index < -0.39 is 0 Å². The number of carbonyl (C=O) groups excluding carboxylic acids is 2. The van der Waals surface area contributed by atoms with Crippen LogP contribution in [0.15, 0.2) is 47.1 Å². The highest BCUT2D eigenvalue weighted by molar-refractivity contribution is 5.92. The van der Waals surface area contributed by atoms with E-state index in [-0.39, 0.29) is 29.7 Å². The molecule has 1 aliphatic heterocycles. The molecule has 1 aliphatic carbocycles. The number of aryl methyl sites for hydroxylation is 1. The van der Waals surface area contributed by atoms with Gasteiger partial charge < -0.3 is 14.7 Å². The Balaban J connectivity index is 1.38. The number of nitrogens with one attached hydrogen (secondary N) is 1. The number of likely N-dealkylation sites (tertiary alicyclic amines) is 1. The number of rotatable bonds is 6. The lowest BCUT2D eigenvalue weighted by atomic mass is 10.0. The molecule has 2 amide bonds. The van der Waals surface area contributed by atoms with Crippen LogP contribution in [0.25, 0.3) is 11.4 Å². The Morgan fingerprint density at radius 1 is 1.12 bits per heavy atom. The first-order valence-corrected chi connectivity index (χ1v) is 11.6. The molecular formula is C24H28N6O3. The van der Waals surface area contributed by atoms with Crippen LogP contribution in [-0.2, 0) is 11.3 Å². The van der Waals surface area contributed by atoms with Gasteiger partial charge in [-0.1, -0.05) is 35.5 Å². The molecule has 9 nitrogen and oxygen atoms in total. The second-order valence-electron chi connectivity index (χ2n) is 8.77. The van der Waals surface area contributed by atoms with Crippen molar-refractivity contribution in [2.24, 2.45) is 5.92 Å². The Bertz CT molecular complexity index is 1120. The van der Waals surface area contributed by atoms with Gasteiger partial charge in [0, 0.05) is 43.4 Å². The van der Waals surface area contributed by atoms with Crippen LogP contribution >= 0.6 is 0 Å². The summed E-state index contributed by atoms with van der Waals surface area (Å²) in [7, 11) is 0. The summed E-state index contributed by atoms with van der Waals surface area (Å²) in [5.74, 6) is 0.450. The van der Waals surface area contributed by atoms with Crippen molar-refractivity contribution in [1.82, 2.24) is 30.1 Å². The molecule has 1 N–H and O–H groups in total. The molecule has 2 aliphatic rings. The summed E-state index contributed by atoms with van der Waals surface area (Å²) in [5.41, 5.74) is 1.22. The lowest BCUT2D eigenvalue weighted by molar-refractivity contribution is -0.134. The van der Waals surface area contributed by atoms with Crippen molar-refractivity contribution in [1.29, 1.82) is 0 Å². The molecule has 2 aromatic heterocycles. The normalized spacial score (nSPS) is 22.6. The van der Waals surface area contributed by atoms with Gasteiger partial charge in [-0.3, -0.25) is 14.3 Å². The Morgan fingerprint density at radius 2 is 1.91 bits per heavy atom. The third-order valence-electron chi connectivity index (χ3n) is 6.63. The van der Waals surface area contributed by atoms with Crippen LogP contribution in [0.1, 0.15) is 54.9 Å². The number of benzene rings is 1. The van der Waals surface area contributed by atoms with E-state index in [4.69, 9.17) is 4.52 Å². The molecule has 3 aromatic rings.